The molecule has 1 aromatic carbocycles. The third-order valence-electron chi connectivity index (χ3n) is 5.02. The summed E-state index contributed by atoms with van der Waals surface area (Å²) in [5, 5.41) is 3.55. The summed E-state index contributed by atoms with van der Waals surface area (Å²) >= 11 is 0. The molecule has 2 aliphatic rings. The maximum absolute atomic E-state index is 14.4. The van der Waals surface area contributed by atoms with Gasteiger partial charge < -0.3 is 9.26 Å². The molecule has 2 aliphatic carbocycles. The Bertz CT molecular complexity index is 896. The minimum absolute atomic E-state index is 0.0132. The predicted molar refractivity (Wildman–Crippen MR) is 88.3 cm³/mol. The van der Waals surface area contributed by atoms with E-state index in [1.807, 2.05) is 0 Å². The number of hydrogen-bond donors (Lipinski definition) is 1. The first-order chi connectivity index (χ1) is 11.9. The first-order valence-electron chi connectivity index (χ1n) is 8.33. The number of hydrogen-bond acceptors (Lipinski definition) is 5. The fraction of sp³-hybridized carbons (Fsp3) is 0.471. The van der Waals surface area contributed by atoms with Crippen molar-refractivity contribution in [2.75, 3.05) is 4.72 Å². The Hall–Kier alpha value is -2.09. The number of rotatable bonds is 5. The van der Waals surface area contributed by atoms with Crippen LogP contribution in [-0.4, -0.2) is 19.7 Å². The number of halogens is 1. The molecule has 25 heavy (non-hydrogen) atoms. The van der Waals surface area contributed by atoms with Crippen molar-refractivity contribution in [2.45, 2.75) is 43.6 Å². The van der Waals surface area contributed by atoms with Gasteiger partial charge in [-0.2, -0.15) is 0 Å². The number of nitrogens with one attached hydrogen (secondary N) is 1. The molecule has 0 spiro atoms. The third-order valence-corrected chi connectivity index (χ3v) is 6.41. The van der Waals surface area contributed by atoms with Gasteiger partial charge in [-0.25, -0.2) is 12.8 Å². The Morgan fingerprint density at radius 2 is 2.12 bits per heavy atom. The minimum Gasteiger partial charge on any atom is -0.490 e. The Morgan fingerprint density at radius 1 is 1.28 bits per heavy atom. The summed E-state index contributed by atoms with van der Waals surface area (Å²) < 4.78 is 51.9. The predicted octanol–water partition coefficient (Wildman–Crippen LogP) is 3.49. The largest absolute Gasteiger partial charge is 0.490 e. The number of fused-ring (bicyclic) bond motifs is 2. The van der Waals surface area contributed by atoms with Gasteiger partial charge in [0, 0.05) is 12.1 Å². The lowest BCUT2D eigenvalue weighted by Crippen LogP contribution is -2.23. The fourth-order valence-corrected chi connectivity index (χ4v) is 4.93. The molecule has 2 bridgehead atoms. The van der Waals surface area contributed by atoms with Gasteiger partial charge in [-0.05, 0) is 56.6 Å². The Labute approximate surface area is 145 Å². The van der Waals surface area contributed by atoms with Crippen molar-refractivity contribution >= 4 is 15.8 Å². The molecular formula is C17H19FN2O4S. The summed E-state index contributed by atoms with van der Waals surface area (Å²) in [6.45, 7) is 1.63. The van der Waals surface area contributed by atoms with E-state index in [-0.39, 0.29) is 11.9 Å². The van der Waals surface area contributed by atoms with Crippen molar-refractivity contribution in [3.8, 4) is 5.75 Å². The third kappa shape index (κ3) is 3.22. The monoisotopic (exact) mass is 366 g/mol. The average Bonchev–Trinajstić information content (AvgIpc) is 3.24. The lowest BCUT2D eigenvalue weighted by atomic mass is 9.98. The van der Waals surface area contributed by atoms with Crippen molar-refractivity contribution in [3.63, 3.8) is 0 Å². The highest BCUT2D eigenvalue weighted by molar-refractivity contribution is 7.92. The van der Waals surface area contributed by atoms with Crippen LogP contribution in [0.1, 0.15) is 31.4 Å². The molecule has 1 N–H and O–H groups in total. The molecular weight excluding hydrogens is 347 g/mol. The van der Waals surface area contributed by atoms with Gasteiger partial charge in [0.2, 0.25) is 0 Å². The van der Waals surface area contributed by atoms with Crippen LogP contribution in [0.4, 0.5) is 10.2 Å². The average molecular weight is 366 g/mol. The van der Waals surface area contributed by atoms with Crippen LogP contribution in [0.15, 0.2) is 33.7 Å². The maximum atomic E-state index is 14.4. The molecule has 4 rings (SSSR count). The number of anilines is 1. The summed E-state index contributed by atoms with van der Waals surface area (Å²) in [4.78, 5) is -0.451. The van der Waals surface area contributed by atoms with Gasteiger partial charge in [-0.3, -0.25) is 4.72 Å². The molecule has 1 aromatic heterocycles. The van der Waals surface area contributed by atoms with Crippen molar-refractivity contribution in [1.82, 2.24) is 5.16 Å². The van der Waals surface area contributed by atoms with Crippen LogP contribution < -0.4 is 9.46 Å². The van der Waals surface area contributed by atoms with Crippen molar-refractivity contribution < 1.29 is 22.1 Å². The smallest absolute Gasteiger partial charge is 0.266 e. The van der Waals surface area contributed by atoms with Crippen LogP contribution in [0.3, 0.4) is 0 Å². The van der Waals surface area contributed by atoms with Gasteiger partial charge in [-0.15, -0.1) is 0 Å². The second-order valence-electron chi connectivity index (χ2n) is 6.85. The fourth-order valence-electron chi connectivity index (χ4n) is 3.89. The first-order valence-corrected chi connectivity index (χ1v) is 9.81. The van der Waals surface area contributed by atoms with E-state index in [4.69, 9.17) is 9.26 Å². The Morgan fingerprint density at radius 3 is 2.72 bits per heavy atom. The summed E-state index contributed by atoms with van der Waals surface area (Å²) in [6.07, 6.45) is 4.70. The van der Waals surface area contributed by atoms with Crippen molar-refractivity contribution in [2.24, 2.45) is 11.8 Å². The van der Waals surface area contributed by atoms with Gasteiger partial charge in [0.05, 0.1) is 0 Å². The Balaban J connectivity index is 1.51. The van der Waals surface area contributed by atoms with E-state index in [2.05, 4.69) is 9.88 Å². The highest BCUT2D eigenvalue weighted by Crippen LogP contribution is 2.46. The second kappa shape index (κ2) is 6.01. The van der Waals surface area contributed by atoms with Crippen LogP contribution >= 0.6 is 0 Å². The van der Waals surface area contributed by atoms with E-state index in [0.717, 1.165) is 24.8 Å². The number of ether oxygens (including phenoxy) is 1. The van der Waals surface area contributed by atoms with E-state index >= 15 is 0 Å². The normalized spacial score (nSPS) is 25.3. The molecule has 2 saturated carbocycles. The van der Waals surface area contributed by atoms with E-state index in [1.54, 1.807) is 6.92 Å². The van der Waals surface area contributed by atoms with Crippen molar-refractivity contribution in [3.05, 3.63) is 35.8 Å². The van der Waals surface area contributed by atoms with Gasteiger partial charge >= 0.3 is 0 Å². The molecule has 0 radical (unpaired) electrons. The van der Waals surface area contributed by atoms with Crippen LogP contribution in [-0.2, 0) is 10.0 Å². The zero-order valence-electron chi connectivity index (χ0n) is 13.7. The van der Waals surface area contributed by atoms with Gasteiger partial charge in [0.1, 0.15) is 28.3 Å². The van der Waals surface area contributed by atoms with E-state index in [9.17, 15) is 12.8 Å². The standard InChI is InChI=1S/C17H19FN2O4S/c1-10-6-17(19-24-10)20-25(21,22)16-5-4-13(9-14(16)18)23-15-8-11-2-3-12(15)7-11/h4-6,9,11-12,15H,2-3,7-8H2,1H3,(H,19,20)/t11-,12?,15+/m1/s1. The molecule has 0 amide bonds. The number of sulfonamides is 1. The molecule has 134 valence electrons. The first kappa shape index (κ1) is 16.4. The SMILES string of the molecule is Cc1cc(NS(=O)(=O)c2ccc(O[C@H]3C[C@@H]4CCC3C4)cc2F)no1. The summed E-state index contributed by atoms with van der Waals surface area (Å²) in [6, 6.07) is 5.27. The maximum Gasteiger partial charge on any atom is 0.266 e. The van der Waals surface area contributed by atoms with Crippen LogP contribution in [0.25, 0.3) is 0 Å². The zero-order chi connectivity index (χ0) is 17.6. The lowest BCUT2D eigenvalue weighted by Gasteiger charge is -2.23. The zero-order valence-corrected chi connectivity index (χ0v) is 14.6. The quantitative estimate of drug-likeness (QED) is 0.876. The minimum atomic E-state index is -4.09. The number of nitrogens with zero attached hydrogens (tertiary/aromatic N) is 1. The highest BCUT2D eigenvalue weighted by atomic mass is 32.2. The van der Waals surface area contributed by atoms with Crippen molar-refractivity contribution in [1.29, 1.82) is 0 Å². The van der Waals surface area contributed by atoms with Crippen LogP contribution in [0.5, 0.6) is 5.75 Å². The lowest BCUT2D eigenvalue weighted by molar-refractivity contribution is 0.138. The Kier molecular flexibility index (Phi) is 3.94. The molecule has 2 fully saturated rings. The molecule has 1 heterocycles. The molecule has 8 heteroatoms. The van der Waals surface area contributed by atoms with Gasteiger partial charge in [-0.1, -0.05) is 5.16 Å². The molecule has 6 nitrogen and oxygen atoms in total. The van der Waals surface area contributed by atoms with Crippen LogP contribution in [0, 0.1) is 24.6 Å². The summed E-state index contributed by atoms with van der Waals surface area (Å²) in [5.74, 6) is 1.23. The van der Waals surface area contributed by atoms with E-state index in [0.29, 0.717) is 17.4 Å². The van der Waals surface area contributed by atoms with Crippen LogP contribution in [0.2, 0.25) is 0 Å². The highest BCUT2D eigenvalue weighted by Gasteiger charge is 2.41. The van der Waals surface area contributed by atoms with E-state index in [1.165, 1.54) is 31.0 Å². The number of aryl methyl sites for hydroxylation is 1. The number of benzene rings is 1. The molecule has 1 unspecified atom stereocenters. The molecule has 0 saturated heterocycles. The van der Waals surface area contributed by atoms with Gasteiger partial charge in [0.15, 0.2) is 5.82 Å². The topological polar surface area (TPSA) is 81.4 Å². The van der Waals surface area contributed by atoms with E-state index < -0.39 is 20.7 Å². The summed E-state index contributed by atoms with van der Waals surface area (Å²) in [7, 11) is -4.09. The molecule has 2 aromatic rings. The molecule has 3 atom stereocenters. The summed E-state index contributed by atoms with van der Waals surface area (Å²) in [5.41, 5.74) is 0. The van der Waals surface area contributed by atoms with Gasteiger partial charge in [0.25, 0.3) is 10.0 Å². The number of aromatic nitrogens is 1. The molecule has 0 aliphatic heterocycles. The second-order valence-corrected chi connectivity index (χ2v) is 8.50.